The van der Waals surface area contributed by atoms with Gasteiger partial charge in [-0.3, -0.25) is 4.79 Å². The second-order valence-electron chi connectivity index (χ2n) is 7.46. The molecule has 0 aliphatic carbocycles. The van der Waals surface area contributed by atoms with Gasteiger partial charge >= 0.3 is 0 Å². The highest BCUT2D eigenvalue weighted by molar-refractivity contribution is 7.89. The van der Waals surface area contributed by atoms with E-state index in [1.54, 1.807) is 23.1 Å². The number of hydrogen-bond acceptors (Lipinski definition) is 5. The lowest BCUT2D eigenvalue weighted by Gasteiger charge is -2.29. The molecule has 0 radical (unpaired) electrons. The number of methoxy groups -OCH3 is 1. The smallest absolute Gasteiger partial charge is 0.246 e. The van der Waals surface area contributed by atoms with Gasteiger partial charge in [0.15, 0.2) is 0 Å². The van der Waals surface area contributed by atoms with Crippen LogP contribution in [-0.4, -0.2) is 58.6 Å². The number of anilines is 1. The van der Waals surface area contributed by atoms with Crippen molar-refractivity contribution in [3.63, 3.8) is 0 Å². The Bertz CT molecular complexity index is 1030. The Morgan fingerprint density at radius 3 is 2.63 bits per heavy atom. The molecule has 1 fully saturated rings. The number of morpholine rings is 1. The minimum absolute atomic E-state index is 0.0398. The average Bonchev–Trinajstić information content (AvgIpc) is 2.79. The lowest BCUT2D eigenvalue weighted by molar-refractivity contribution is -0.118. The van der Waals surface area contributed by atoms with Crippen molar-refractivity contribution in [3.8, 4) is 5.75 Å². The van der Waals surface area contributed by atoms with Crippen molar-refractivity contribution in [1.29, 1.82) is 0 Å². The third kappa shape index (κ3) is 4.08. The molecule has 1 amide bonds. The van der Waals surface area contributed by atoms with Crippen LogP contribution in [-0.2, 0) is 32.4 Å². The van der Waals surface area contributed by atoms with Crippen LogP contribution in [0.3, 0.4) is 0 Å². The molecule has 1 saturated heterocycles. The van der Waals surface area contributed by atoms with Gasteiger partial charge in [-0.15, -0.1) is 0 Å². The summed E-state index contributed by atoms with van der Waals surface area (Å²) in [7, 11) is -2.29. The number of rotatable bonds is 5. The van der Waals surface area contributed by atoms with Crippen molar-refractivity contribution < 1.29 is 22.7 Å². The fourth-order valence-electron chi connectivity index (χ4n) is 4.02. The first kappa shape index (κ1) is 20.8. The van der Waals surface area contributed by atoms with Crippen LogP contribution in [0.1, 0.15) is 17.5 Å². The highest BCUT2D eigenvalue weighted by atomic mass is 32.2. The van der Waals surface area contributed by atoms with E-state index in [0.717, 1.165) is 18.5 Å². The van der Waals surface area contributed by atoms with Gasteiger partial charge in [0.2, 0.25) is 15.9 Å². The molecule has 0 aromatic heterocycles. The van der Waals surface area contributed by atoms with E-state index in [4.69, 9.17) is 9.47 Å². The lowest BCUT2D eigenvalue weighted by Crippen LogP contribution is -2.40. The summed E-state index contributed by atoms with van der Waals surface area (Å²) in [5, 5.41) is 0. The number of ether oxygens (including phenoxy) is 2. The molecule has 2 heterocycles. The summed E-state index contributed by atoms with van der Waals surface area (Å²) in [5.41, 5.74) is 2.77. The van der Waals surface area contributed by atoms with Crippen molar-refractivity contribution in [1.82, 2.24) is 4.31 Å². The van der Waals surface area contributed by atoms with Gasteiger partial charge in [0, 0.05) is 25.3 Å². The number of hydrogen-bond donors (Lipinski definition) is 0. The highest BCUT2D eigenvalue weighted by Gasteiger charge is 2.30. The van der Waals surface area contributed by atoms with Gasteiger partial charge < -0.3 is 14.4 Å². The minimum atomic E-state index is -3.73. The van der Waals surface area contributed by atoms with Crippen LogP contribution in [0.2, 0.25) is 0 Å². The van der Waals surface area contributed by atoms with Crippen LogP contribution >= 0.6 is 0 Å². The molecular formula is C22H26N2O5S. The SMILES string of the molecule is COc1ccc(CC(=O)N2CCCc3ccccc32)cc1S(=O)(=O)N1CCOCC1. The molecule has 0 saturated carbocycles. The second-order valence-corrected chi connectivity index (χ2v) is 9.36. The van der Waals surface area contributed by atoms with Crippen molar-refractivity contribution in [2.75, 3.05) is 44.9 Å². The van der Waals surface area contributed by atoms with E-state index in [9.17, 15) is 13.2 Å². The number of nitrogens with zero attached hydrogens (tertiary/aromatic N) is 2. The Labute approximate surface area is 177 Å². The maximum absolute atomic E-state index is 13.2. The standard InChI is InChI=1S/C22H26N2O5S/c1-28-20-9-8-17(15-21(20)30(26,27)23-11-13-29-14-12-23)16-22(25)24-10-4-6-18-5-2-3-7-19(18)24/h2-3,5,7-9,15H,4,6,10-14,16H2,1H3. The van der Waals surface area contributed by atoms with E-state index < -0.39 is 10.0 Å². The molecule has 2 aliphatic rings. The van der Waals surface area contributed by atoms with Gasteiger partial charge in [0.1, 0.15) is 10.6 Å². The molecule has 0 unspecified atom stereocenters. The first-order valence-corrected chi connectivity index (χ1v) is 11.6. The van der Waals surface area contributed by atoms with Crippen LogP contribution in [0.5, 0.6) is 5.75 Å². The molecule has 2 aromatic carbocycles. The molecule has 30 heavy (non-hydrogen) atoms. The third-order valence-electron chi connectivity index (χ3n) is 5.58. The molecule has 2 aromatic rings. The average molecular weight is 431 g/mol. The Balaban J connectivity index is 1.60. The largest absolute Gasteiger partial charge is 0.495 e. The van der Waals surface area contributed by atoms with E-state index in [-0.39, 0.29) is 23.0 Å². The molecule has 2 aliphatic heterocycles. The summed E-state index contributed by atoms with van der Waals surface area (Å²) in [6.45, 7) is 2.02. The molecule has 0 atom stereocenters. The van der Waals surface area contributed by atoms with Crippen molar-refractivity contribution >= 4 is 21.6 Å². The van der Waals surface area contributed by atoms with Crippen LogP contribution in [0, 0.1) is 0 Å². The molecule has 8 heteroatoms. The highest BCUT2D eigenvalue weighted by Crippen LogP contribution is 2.30. The summed E-state index contributed by atoms with van der Waals surface area (Å²) in [4.78, 5) is 15.0. The summed E-state index contributed by atoms with van der Waals surface area (Å²) >= 11 is 0. The molecule has 7 nitrogen and oxygen atoms in total. The molecule has 0 spiro atoms. The van der Waals surface area contributed by atoms with Crippen LogP contribution in [0.15, 0.2) is 47.4 Å². The van der Waals surface area contributed by atoms with Crippen LogP contribution < -0.4 is 9.64 Å². The second kappa shape index (κ2) is 8.75. The summed E-state index contributed by atoms with van der Waals surface area (Å²) in [6.07, 6.45) is 2.01. The van der Waals surface area contributed by atoms with E-state index in [1.807, 2.05) is 18.2 Å². The Morgan fingerprint density at radius 1 is 1.10 bits per heavy atom. The Kier molecular flexibility index (Phi) is 6.08. The van der Waals surface area contributed by atoms with E-state index in [1.165, 1.54) is 17.0 Å². The maximum atomic E-state index is 13.2. The molecule has 0 bridgehead atoms. The molecule has 4 rings (SSSR count). The Hall–Kier alpha value is -2.42. The fraction of sp³-hybridized carbons (Fsp3) is 0.409. The fourth-order valence-corrected chi connectivity index (χ4v) is 5.64. The number of para-hydroxylation sites is 1. The van der Waals surface area contributed by atoms with Gasteiger partial charge in [0.05, 0.1) is 26.7 Å². The van der Waals surface area contributed by atoms with E-state index in [0.29, 0.717) is 38.4 Å². The molecular weight excluding hydrogens is 404 g/mol. The summed E-state index contributed by atoms with van der Waals surface area (Å²) in [6, 6.07) is 12.9. The number of sulfonamides is 1. The topological polar surface area (TPSA) is 76.2 Å². The zero-order valence-corrected chi connectivity index (χ0v) is 17.9. The zero-order chi connectivity index (χ0) is 21.1. The zero-order valence-electron chi connectivity index (χ0n) is 17.0. The van der Waals surface area contributed by atoms with Gasteiger partial charge in [-0.2, -0.15) is 4.31 Å². The summed E-state index contributed by atoms with van der Waals surface area (Å²) < 4.78 is 38.3. The van der Waals surface area contributed by atoms with Gasteiger partial charge in [-0.05, 0) is 42.2 Å². The number of fused-ring (bicyclic) bond motifs is 1. The van der Waals surface area contributed by atoms with Crippen molar-refractivity contribution in [3.05, 3.63) is 53.6 Å². The first-order chi connectivity index (χ1) is 14.5. The number of carbonyl (C=O) groups excluding carboxylic acids is 1. The summed E-state index contributed by atoms with van der Waals surface area (Å²) in [5.74, 6) is 0.239. The van der Waals surface area contributed by atoms with E-state index >= 15 is 0 Å². The molecule has 0 N–H and O–H groups in total. The Morgan fingerprint density at radius 2 is 1.87 bits per heavy atom. The predicted octanol–water partition coefficient (Wildman–Crippen LogP) is 2.24. The number of aryl methyl sites for hydroxylation is 1. The van der Waals surface area contributed by atoms with Crippen molar-refractivity contribution in [2.24, 2.45) is 0 Å². The van der Waals surface area contributed by atoms with Gasteiger partial charge in [-0.25, -0.2) is 8.42 Å². The quantitative estimate of drug-likeness (QED) is 0.727. The van der Waals surface area contributed by atoms with Crippen LogP contribution in [0.25, 0.3) is 0 Å². The van der Waals surface area contributed by atoms with Gasteiger partial charge in [0.25, 0.3) is 0 Å². The third-order valence-corrected chi connectivity index (χ3v) is 7.50. The first-order valence-electron chi connectivity index (χ1n) is 10.1. The van der Waals surface area contributed by atoms with E-state index in [2.05, 4.69) is 6.07 Å². The number of benzene rings is 2. The van der Waals surface area contributed by atoms with Gasteiger partial charge in [-0.1, -0.05) is 24.3 Å². The minimum Gasteiger partial charge on any atom is -0.495 e. The monoisotopic (exact) mass is 430 g/mol. The molecule has 160 valence electrons. The van der Waals surface area contributed by atoms with Crippen LogP contribution in [0.4, 0.5) is 5.69 Å². The number of carbonyl (C=O) groups is 1. The number of amides is 1. The normalized spacial score (nSPS) is 17.4. The lowest BCUT2D eigenvalue weighted by atomic mass is 10.0. The predicted molar refractivity (Wildman–Crippen MR) is 113 cm³/mol. The maximum Gasteiger partial charge on any atom is 0.246 e. The van der Waals surface area contributed by atoms with Crippen molar-refractivity contribution in [2.45, 2.75) is 24.2 Å².